The molecule has 0 fully saturated rings. The zero-order chi connectivity index (χ0) is 24.6. The van der Waals surface area contributed by atoms with Crippen LogP contribution in [0, 0.1) is 0 Å². The number of aromatic nitrogens is 2. The Morgan fingerprint density at radius 1 is 1.11 bits per heavy atom. The molecule has 0 radical (unpaired) electrons. The van der Waals surface area contributed by atoms with Crippen LogP contribution < -0.4 is 15.1 Å². The molecular formula is C28H35N5O2. The van der Waals surface area contributed by atoms with Crippen molar-refractivity contribution < 1.29 is 9.53 Å². The van der Waals surface area contributed by atoms with Gasteiger partial charge in [0.05, 0.1) is 12.7 Å². The Bertz CT molecular complexity index is 1120. The summed E-state index contributed by atoms with van der Waals surface area (Å²) in [6, 6.07) is 18.4. The first kappa shape index (κ1) is 24.8. The third-order valence-electron chi connectivity index (χ3n) is 6.29. The molecule has 7 nitrogen and oxygen atoms in total. The van der Waals surface area contributed by atoms with Crippen molar-refractivity contribution >= 4 is 17.4 Å². The molecule has 7 heteroatoms. The van der Waals surface area contributed by atoms with E-state index in [2.05, 4.69) is 40.4 Å². The van der Waals surface area contributed by atoms with E-state index in [1.54, 1.807) is 6.20 Å². The normalized spacial score (nSPS) is 14.5. The average Bonchev–Trinajstić information content (AvgIpc) is 3.01. The van der Waals surface area contributed by atoms with Crippen molar-refractivity contribution in [2.75, 3.05) is 43.5 Å². The number of rotatable bonds is 10. The molecule has 2 heterocycles. The number of nitrogens with zero attached hydrogens (tertiary/aromatic N) is 4. The molecule has 0 saturated carbocycles. The van der Waals surface area contributed by atoms with Crippen LogP contribution in [0.4, 0.5) is 11.5 Å². The highest BCUT2D eigenvalue weighted by molar-refractivity contribution is 6.09. The lowest BCUT2D eigenvalue weighted by atomic mass is 10.1. The fraction of sp³-hybridized carbons (Fsp3) is 0.393. The van der Waals surface area contributed by atoms with Gasteiger partial charge in [-0.3, -0.25) is 4.79 Å². The molecule has 4 rings (SSSR count). The fourth-order valence-corrected chi connectivity index (χ4v) is 4.34. The smallest absolute Gasteiger partial charge is 0.263 e. The minimum absolute atomic E-state index is 0.00196. The summed E-state index contributed by atoms with van der Waals surface area (Å²) in [5, 5.41) is 3.21. The Balaban J connectivity index is 1.52. The average molecular weight is 474 g/mol. The molecule has 2 aromatic carbocycles. The van der Waals surface area contributed by atoms with E-state index in [-0.39, 0.29) is 12.0 Å². The summed E-state index contributed by atoms with van der Waals surface area (Å²) in [6.07, 6.45) is 4.34. The van der Waals surface area contributed by atoms with Crippen LogP contribution in [0.5, 0.6) is 0 Å². The molecule has 1 amide bonds. The second kappa shape index (κ2) is 11.9. The van der Waals surface area contributed by atoms with Gasteiger partial charge in [0.2, 0.25) is 0 Å². The third kappa shape index (κ3) is 6.05. The van der Waals surface area contributed by atoms with E-state index in [9.17, 15) is 4.79 Å². The van der Waals surface area contributed by atoms with E-state index >= 15 is 0 Å². The highest BCUT2D eigenvalue weighted by atomic mass is 16.5. The maximum atomic E-state index is 13.5. The number of carbonyl (C=O) groups is 1. The predicted octanol–water partition coefficient (Wildman–Crippen LogP) is 4.39. The van der Waals surface area contributed by atoms with Crippen molar-refractivity contribution in [2.45, 2.75) is 38.9 Å². The molecule has 1 aliphatic heterocycles. The molecule has 0 bridgehead atoms. The quantitative estimate of drug-likeness (QED) is 0.471. The van der Waals surface area contributed by atoms with Gasteiger partial charge < -0.3 is 19.9 Å². The molecule has 184 valence electrons. The van der Waals surface area contributed by atoms with Gasteiger partial charge in [-0.1, -0.05) is 49.4 Å². The van der Waals surface area contributed by atoms with Crippen molar-refractivity contribution in [3.05, 3.63) is 83.3 Å². The van der Waals surface area contributed by atoms with Gasteiger partial charge in [0, 0.05) is 38.4 Å². The van der Waals surface area contributed by atoms with E-state index in [0.29, 0.717) is 31.1 Å². The lowest BCUT2D eigenvalue weighted by molar-refractivity contribution is 0.0344. The number of amides is 1. The van der Waals surface area contributed by atoms with Gasteiger partial charge >= 0.3 is 0 Å². The number of fused-ring (bicyclic) bond motifs is 1. The van der Waals surface area contributed by atoms with Crippen LogP contribution in [-0.4, -0.2) is 49.6 Å². The number of anilines is 2. The molecule has 1 unspecified atom stereocenters. The molecular weight excluding hydrogens is 438 g/mol. The zero-order valence-corrected chi connectivity index (χ0v) is 20.9. The van der Waals surface area contributed by atoms with Crippen LogP contribution in [0.2, 0.25) is 0 Å². The van der Waals surface area contributed by atoms with Crippen LogP contribution in [0.15, 0.2) is 60.8 Å². The zero-order valence-electron chi connectivity index (χ0n) is 20.9. The first-order chi connectivity index (χ1) is 17.1. The van der Waals surface area contributed by atoms with Gasteiger partial charge in [-0.05, 0) is 49.7 Å². The summed E-state index contributed by atoms with van der Waals surface area (Å²) in [6.45, 7) is 4.72. The summed E-state index contributed by atoms with van der Waals surface area (Å²) in [4.78, 5) is 26.5. The largest absolute Gasteiger partial charge is 0.369 e. The van der Waals surface area contributed by atoms with Crippen molar-refractivity contribution in [1.82, 2.24) is 15.3 Å². The number of benzene rings is 2. The number of hydrogen-bond acceptors (Lipinski definition) is 6. The fourth-order valence-electron chi connectivity index (χ4n) is 4.34. The Kier molecular flexibility index (Phi) is 8.45. The lowest BCUT2D eigenvalue weighted by Crippen LogP contribution is -2.33. The van der Waals surface area contributed by atoms with Gasteiger partial charge in [0.1, 0.15) is 17.2 Å². The van der Waals surface area contributed by atoms with Crippen LogP contribution in [0.3, 0.4) is 0 Å². The SMILES string of the molecule is CCCc1ncc2c(n1)N(C)CCN(c1cccc(COC(CCNC)c3ccccc3)c1)C2=O. The Labute approximate surface area is 208 Å². The second-order valence-corrected chi connectivity index (χ2v) is 8.92. The summed E-state index contributed by atoms with van der Waals surface area (Å²) >= 11 is 0. The summed E-state index contributed by atoms with van der Waals surface area (Å²) in [5.74, 6) is 1.43. The van der Waals surface area contributed by atoms with Gasteiger partial charge in [-0.15, -0.1) is 0 Å². The van der Waals surface area contributed by atoms with Gasteiger partial charge in [0.15, 0.2) is 0 Å². The summed E-state index contributed by atoms with van der Waals surface area (Å²) in [5.41, 5.74) is 3.61. The Morgan fingerprint density at radius 2 is 1.94 bits per heavy atom. The minimum Gasteiger partial charge on any atom is -0.369 e. The lowest BCUT2D eigenvalue weighted by Gasteiger charge is -2.22. The van der Waals surface area contributed by atoms with Gasteiger partial charge in [0.25, 0.3) is 5.91 Å². The number of carbonyl (C=O) groups excluding carboxylic acids is 1. The predicted molar refractivity (Wildman–Crippen MR) is 140 cm³/mol. The van der Waals surface area contributed by atoms with Crippen LogP contribution in [-0.2, 0) is 17.8 Å². The third-order valence-corrected chi connectivity index (χ3v) is 6.29. The molecule has 0 saturated heterocycles. The molecule has 1 aliphatic rings. The van der Waals surface area contributed by atoms with Crippen molar-refractivity contribution in [3.8, 4) is 0 Å². The van der Waals surface area contributed by atoms with Crippen LogP contribution in [0.1, 0.15) is 53.2 Å². The molecule has 1 N–H and O–H groups in total. The van der Waals surface area contributed by atoms with Crippen LogP contribution >= 0.6 is 0 Å². The molecule has 1 atom stereocenters. The molecule has 35 heavy (non-hydrogen) atoms. The van der Waals surface area contributed by atoms with E-state index in [4.69, 9.17) is 4.74 Å². The molecule has 1 aromatic heterocycles. The molecule has 3 aromatic rings. The van der Waals surface area contributed by atoms with E-state index < -0.39 is 0 Å². The topological polar surface area (TPSA) is 70.6 Å². The monoisotopic (exact) mass is 473 g/mol. The Hall–Kier alpha value is -3.29. The maximum Gasteiger partial charge on any atom is 0.263 e. The first-order valence-electron chi connectivity index (χ1n) is 12.4. The number of ether oxygens (including phenoxy) is 1. The van der Waals surface area contributed by atoms with Crippen molar-refractivity contribution in [3.63, 3.8) is 0 Å². The standard InChI is InChI=1S/C28H35N5O2/c1-4-9-26-30-19-24-27(31-26)32(3)16-17-33(28(24)34)23-13-8-10-21(18-23)20-35-25(14-15-29-2)22-11-6-5-7-12-22/h5-8,10-13,18-19,25,29H,4,9,14-17,20H2,1-3H3. The molecule has 0 spiro atoms. The summed E-state index contributed by atoms with van der Waals surface area (Å²) < 4.78 is 6.35. The first-order valence-corrected chi connectivity index (χ1v) is 12.4. The number of hydrogen-bond donors (Lipinski definition) is 1. The highest BCUT2D eigenvalue weighted by Gasteiger charge is 2.28. The minimum atomic E-state index is -0.0679. The number of nitrogens with one attached hydrogen (secondary N) is 1. The van der Waals surface area contributed by atoms with Crippen LogP contribution in [0.25, 0.3) is 0 Å². The van der Waals surface area contributed by atoms with E-state index in [1.165, 1.54) is 5.56 Å². The van der Waals surface area contributed by atoms with E-state index in [0.717, 1.165) is 42.9 Å². The van der Waals surface area contributed by atoms with Gasteiger partial charge in [-0.2, -0.15) is 0 Å². The van der Waals surface area contributed by atoms with E-state index in [1.807, 2.05) is 60.3 Å². The number of likely N-dealkylation sites (N-methyl/N-ethyl adjacent to an activating group) is 1. The van der Waals surface area contributed by atoms with Crippen molar-refractivity contribution in [1.29, 1.82) is 0 Å². The van der Waals surface area contributed by atoms with Gasteiger partial charge in [-0.25, -0.2) is 9.97 Å². The highest BCUT2D eigenvalue weighted by Crippen LogP contribution is 2.28. The number of aryl methyl sites for hydroxylation is 1. The maximum absolute atomic E-state index is 13.5. The summed E-state index contributed by atoms with van der Waals surface area (Å²) in [7, 11) is 3.94. The second-order valence-electron chi connectivity index (χ2n) is 8.92. The van der Waals surface area contributed by atoms with Crippen molar-refractivity contribution in [2.24, 2.45) is 0 Å². The molecule has 0 aliphatic carbocycles. The Morgan fingerprint density at radius 3 is 2.71 bits per heavy atom.